The van der Waals surface area contributed by atoms with Gasteiger partial charge in [-0.2, -0.15) is 0 Å². The third-order valence-electron chi connectivity index (χ3n) is 3.58. The van der Waals surface area contributed by atoms with Crippen LogP contribution in [0, 0.1) is 5.92 Å². The Hall–Kier alpha value is -1.58. The number of nitrogen functional groups attached to an aromatic ring is 1. The van der Waals surface area contributed by atoms with Gasteiger partial charge in [0.15, 0.2) is 0 Å². The van der Waals surface area contributed by atoms with Crippen molar-refractivity contribution in [3.63, 3.8) is 0 Å². The van der Waals surface area contributed by atoms with Gasteiger partial charge in [-0.15, -0.1) is 0 Å². The molecule has 2 rings (SSSR count). The van der Waals surface area contributed by atoms with Crippen molar-refractivity contribution in [1.82, 2.24) is 10.3 Å². The van der Waals surface area contributed by atoms with Gasteiger partial charge in [-0.1, -0.05) is 32.1 Å². The lowest BCUT2D eigenvalue weighted by molar-refractivity contribution is 0.0945. The Morgan fingerprint density at radius 1 is 1.33 bits per heavy atom. The summed E-state index contributed by atoms with van der Waals surface area (Å²) >= 11 is 0. The molecule has 0 radical (unpaired) electrons. The molecule has 0 bridgehead atoms. The number of pyridine rings is 1. The van der Waals surface area contributed by atoms with E-state index in [9.17, 15) is 4.79 Å². The number of amides is 1. The molecule has 1 saturated carbocycles. The van der Waals surface area contributed by atoms with Crippen LogP contribution in [0.3, 0.4) is 0 Å². The summed E-state index contributed by atoms with van der Waals surface area (Å²) in [6.07, 6.45) is 9.29. The van der Waals surface area contributed by atoms with E-state index in [2.05, 4.69) is 10.3 Å². The largest absolute Gasteiger partial charge is 0.397 e. The minimum atomic E-state index is -0.106. The van der Waals surface area contributed by atoms with Gasteiger partial charge in [0.1, 0.15) is 5.69 Å². The van der Waals surface area contributed by atoms with Crippen LogP contribution in [0.4, 0.5) is 5.69 Å². The van der Waals surface area contributed by atoms with Gasteiger partial charge in [0, 0.05) is 6.54 Å². The predicted molar refractivity (Wildman–Crippen MR) is 72.2 cm³/mol. The Bertz CT molecular complexity index is 383. The molecule has 0 saturated heterocycles. The van der Waals surface area contributed by atoms with Gasteiger partial charge in [0.25, 0.3) is 5.91 Å². The molecule has 1 amide bonds. The fraction of sp³-hybridized carbons (Fsp3) is 0.571. The van der Waals surface area contributed by atoms with Crippen LogP contribution < -0.4 is 11.1 Å². The van der Waals surface area contributed by atoms with E-state index in [1.54, 1.807) is 12.1 Å². The van der Waals surface area contributed by atoms with Crippen LogP contribution in [0.1, 0.15) is 49.0 Å². The molecular formula is C14H21N3O. The second-order valence-electron chi connectivity index (χ2n) is 5.03. The summed E-state index contributed by atoms with van der Waals surface area (Å²) in [4.78, 5) is 15.8. The summed E-state index contributed by atoms with van der Waals surface area (Å²) in [5.74, 6) is 0.684. The maximum Gasteiger partial charge on any atom is 0.269 e. The third-order valence-corrected chi connectivity index (χ3v) is 3.58. The molecule has 98 valence electrons. The van der Waals surface area contributed by atoms with Gasteiger partial charge in [-0.25, -0.2) is 4.98 Å². The quantitative estimate of drug-likeness (QED) is 0.858. The number of carbonyl (C=O) groups is 1. The minimum absolute atomic E-state index is 0.106. The number of aromatic nitrogens is 1. The molecule has 4 nitrogen and oxygen atoms in total. The van der Waals surface area contributed by atoms with Gasteiger partial charge in [0.2, 0.25) is 0 Å². The summed E-state index contributed by atoms with van der Waals surface area (Å²) in [6.45, 7) is 0.746. The van der Waals surface area contributed by atoms with Crippen LogP contribution in [-0.2, 0) is 0 Å². The molecular weight excluding hydrogens is 226 g/mol. The number of nitrogens with two attached hydrogens (primary N) is 1. The van der Waals surface area contributed by atoms with Crippen LogP contribution in [0.5, 0.6) is 0 Å². The first-order valence-electron chi connectivity index (χ1n) is 6.75. The summed E-state index contributed by atoms with van der Waals surface area (Å²) < 4.78 is 0. The lowest BCUT2D eigenvalue weighted by Crippen LogP contribution is -2.27. The molecule has 0 aliphatic heterocycles. The van der Waals surface area contributed by atoms with E-state index in [0.29, 0.717) is 11.4 Å². The van der Waals surface area contributed by atoms with Crippen molar-refractivity contribution >= 4 is 11.6 Å². The molecule has 18 heavy (non-hydrogen) atoms. The van der Waals surface area contributed by atoms with Crippen molar-refractivity contribution in [2.45, 2.75) is 38.5 Å². The van der Waals surface area contributed by atoms with Gasteiger partial charge < -0.3 is 11.1 Å². The van der Waals surface area contributed by atoms with Gasteiger partial charge in [-0.05, 0) is 24.5 Å². The molecule has 0 aromatic carbocycles. The minimum Gasteiger partial charge on any atom is -0.397 e. The number of rotatable bonds is 4. The lowest BCUT2D eigenvalue weighted by atomic mass is 9.87. The van der Waals surface area contributed by atoms with Crippen LogP contribution in [0.25, 0.3) is 0 Å². The maximum atomic E-state index is 11.8. The van der Waals surface area contributed by atoms with E-state index in [1.165, 1.54) is 38.3 Å². The number of hydrogen-bond acceptors (Lipinski definition) is 3. The Kier molecular flexibility index (Phi) is 4.56. The molecule has 0 atom stereocenters. The number of nitrogens with one attached hydrogen (secondary N) is 1. The van der Waals surface area contributed by atoms with Crippen LogP contribution in [0.2, 0.25) is 0 Å². The van der Waals surface area contributed by atoms with E-state index >= 15 is 0 Å². The van der Waals surface area contributed by atoms with Gasteiger partial charge >= 0.3 is 0 Å². The van der Waals surface area contributed by atoms with E-state index in [1.807, 2.05) is 0 Å². The monoisotopic (exact) mass is 247 g/mol. The molecule has 1 fully saturated rings. The van der Waals surface area contributed by atoms with Crippen molar-refractivity contribution in [2.75, 3.05) is 12.3 Å². The SMILES string of the molecule is Nc1ccc(C(=O)NCCC2CCCCC2)nc1. The third kappa shape index (κ3) is 3.72. The maximum absolute atomic E-state index is 11.8. The molecule has 0 spiro atoms. The second-order valence-corrected chi connectivity index (χ2v) is 5.03. The number of carbonyl (C=O) groups excluding carboxylic acids is 1. The normalized spacial score (nSPS) is 16.4. The first-order valence-corrected chi connectivity index (χ1v) is 6.75. The Morgan fingerprint density at radius 2 is 2.11 bits per heavy atom. The Morgan fingerprint density at radius 3 is 2.78 bits per heavy atom. The summed E-state index contributed by atoms with van der Waals surface area (Å²) in [5, 5.41) is 2.92. The second kappa shape index (κ2) is 6.38. The van der Waals surface area contributed by atoms with Crippen molar-refractivity contribution in [1.29, 1.82) is 0 Å². The summed E-state index contributed by atoms with van der Waals surface area (Å²) in [5.41, 5.74) is 6.55. The molecule has 4 heteroatoms. The van der Waals surface area contributed by atoms with Crippen molar-refractivity contribution in [3.8, 4) is 0 Å². The fourth-order valence-electron chi connectivity index (χ4n) is 2.50. The van der Waals surface area contributed by atoms with E-state index < -0.39 is 0 Å². The van der Waals surface area contributed by atoms with E-state index in [-0.39, 0.29) is 5.91 Å². The molecule has 1 aliphatic rings. The fourth-order valence-corrected chi connectivity index (χ4v) is 2.50. The zero-order valence-electron chi connectivity index (χ0n) is 10.7. The number of nitrogens with zero attached hydrogens (tertiary/aromatic N) is 1. The molecule has 0 unspecified atom stereocenters. The van der Waals surface area contributed by atoms with Crippen molar-refractivity contribution in [2.24, 2.45) is 5.92 Å². The highest BCUT2D eigenvalue weighted by molar-refractivity contribution is 5.92. The standard InChI is InChI=1S/C14H21N3O/c15-12-6-7-13(17-10-12)14(18)16-9-8-11-4-2-1-3-5-11/h6-7,10-11H,1-5,8-9,15H2,(H,16,18). The Labute approximate surface area is 108 Å². The van der Waals surface area contributed by atoms with Crippen LogP contribution >= 0.6 is 0 Å². The Balaban J connectivity index is 1.72. The van der Waals surface area contributed by atoms with E-state index in [4.69, 9.17) is 5.73 Å². The summed E-state index contributed by atoms with van der Waals surface area (Å²) in [7, 11) is 0. The number of hydrogen-bond donors (Lipinski definition) is 2. The first kappa shape index (κ1) is 12.9. The van der Waals surface area contributed by atoms with Gasteiger partial charge in [0.05, 0.1) is 11.9 Å². The highest BCUT2D eigenvalue weighted by atomic mass is 16.1. The highest BCUT2D eigenvalue weighted by Crippen LogP contribution is 2.25. The summed E-state index contributed by atoms with van der Waals surface area (Å²) in [6, 6.07) is 3.36. The lowest BCUT2D eigenvalue weighted by Gasteiger charge is -2.21. The topological polar surface area (TPSA) is 68.0 Å². The van der Waals surface area contributed by atoms with Crippen LogP contribution in [-0.4, -0.2) is 17.4 Å². The highest BCUT2D eigenvalue weighted by Gasteiger charge is 2.13. The first-order chi connectivity index (χ1) is 8.75. The van der Waals surface area contributed by atoms with Gasteiger partial charge in [-0.3, -0.25) is 4.79 Å². The molecule has 1 aromatic heterocycles. The molecule has 1 heterocycles. The molecule has 1 aromatic rings. The molecule has 3 N–H and O–H groups in total. The average Bonchev–Trinajstić information content (AvgIpc) is 2.40. The van der Waals surface area contributed by atoms with Crippen LogP contribution in [0.15, 0.2) is 18.3 Å². The zero-order chi connectivity index (χ0) is 12.8. The molecule has 1 aliphatic carbocycles. The average molecular weight is 247 g/mol. The predicted octanol–water partition coefficient (Wildman–Crippen LogP) is 2.36. The van der Waals surface area contributed by atoms with Crippen molar-refractivity contribution < 1.29 is 4.79 Å². The van der Waals surface area contributed by atoms with E-state index in [0.717, 1.165) is 18.9 Å². The zero-order valence-corrected chi connectivity index (χ0v) is 10.7. The smallest absolute Gasteiger partial charge is 0.269 e. The van der Waals surface area contributed by atoms with Crippen molar-refractivity contribution in [3.05, 3.63) is 24.0 Å². The number of anilines is 1.